The summed E-state index contributed by atoms with van der Waals surface area (Å²) in [6, 6.07) is 12.4. The minimum Gasteiger partial charge on any atom is -0.485 e. The Kier molecular flexibility index (Phi) is 4.97. The number of benzene rings is 2. The number of fused-ring (bicyclic) bond motifs is 1. The second-order valence-electron chi connectivity index (χ2n) is 7.83. The van der Waals surface area contributed by atoms with Gasteiger partial charge >= 0.3 is 0 Å². The quantitative estimate of drug-likeness (QED) is 0.641. The zero-order chi connectivity index (χ0) is 21.3. The fraction of sp³-hybridized carbons (Fsp3) is 0.348. The Balaban J connectivity index is 1.20. The largest absolute Gasteiger partial charge is 0.485 e. The third-order valence-corrected chi connectivity index (χ3v) is 5.46. The number of hydrogen-bond donors (Lipinski definition) is 1. The van der Waals surface area contributed by atoms with Crippen LogP contribution in [0.5, 0.6) is 17.2 Å². The molecule has 0 radical (unpaired) electrons. The molecule has 0 saturated heterocycles. The Bertz CT molecular complexity index is 1090. The molecule has 0 bridgehead atoms. The number of nitrogens with one attached hydrogen (secondary N) is 1. The van der Waals surface area contributed by atoms with E-state index in [0.29, 0.717) is 34.5 Å². The van der Waals surface area contributed by atoms with Crippen LogP contribution in [-0.2, 0) is 6.61 Å². The van der Waals surface area contributed by atoms with Crippen LogP contribution in [0.1, 0.15) is 54.2 Å². The van der Waals surface area contributed by atoms with Crippen molar-refractivity contribution in [1.82, 2.24) is 10.1 Å². The summed E-state index contributed by atoms with van der Waals surface area (Å²) < 4.78 is 22.7. The van der Waals surface area contributed by atoms with E-state index in [1.165, 1.54) is 6.42 Å². The van der Waals surface area contributed by atoms with E-state index in [1.54, 1.807) is 31.2 Å². The van der Waals surface area contributed by atoms with E-state index in [9.17, 15) is 4.79 Å². The molecule has 31 heavy (non-hydrogen) atoms. The van der Waals surface area contributed by atoms with Gasteiger partial charge in [-0.1, -0.05) is 11.6 Å². The van der Waals surface area contributed by atoms with Gasteiger partial charge in [-0.15, -0.1) is 0 Å². The van der Waals surface area contributed by atoms with E-state index in [1.807, 2.05) is 18.2 Å². The number of carbonyl (C=O) groups excluding carboxylic acids is 1. The average Bonchev–Trinajstić information content (AvgIpc) is 3.35. The number of aromatic nitrogens is 2. The minimum absolute atomic E-state index is 0.196. The number of carbonyl (C=O) groups is 1. The molecule has 1 aliphatic carbocycles. The molecule has 2 heterocycles. The van der Waals surface area contributed by atoms with Gasteiger partial charge in [-0.3, -0.25) is 4.79 Å². The predicted molar refractivity (Wildman–Crippen MR) is 111 cm³/mol. The van der Waals surface area contributed by atoms with Crippen molar-refractivity contribution < 1.29 is 23.5 Å². The Labute approximate surface area is 179 Å². The molecule has 1 N–H and O–H groups in total. The maximum atomic E-state index is 12.6. The van der Waals surface area contributed by atoms with Gasteiger partial charge in [0, 0.05) is 37.1 Å². The summed E-state index contributed by atoms with van der Waals surface area (Å²) in [5.41, 5.74) is 1.18. The molecule has 5 rings (SSSR count). The van der Waals surface area contributed by atoms with E-state index < -0.39 is 5.79 Å². The lowest BCUT2D eigenvalue weighted by Crippen LogP contribution is -2.40. The Morgan fingerprint density at radius 3 is 2.58 bits per heavy atom. The molecule has 8 heteroatoms. The van der Waals surface area contributed by atoms with Gasteiger partial charge in [0.05, 0.1) is 0 Å². The zero-order valence-electron chi connectivity index (χ0n) is 17.2. The van der Waals surface area contributed by atoms with E-state index in [2.05, 4.69) is 15.5 Å². The summed E-state index contributed by atoms with van der Waals surface area (Å²) in [5.74, 6) is 2.24. The van der Waals surface area contributed by atoms with Gasteiger partial charge in [0.25, 0.3) is 11.7 Å². The molecule has 1 spiro atoms. The Hall–Kier alpha value is -3.55. The first-order valence-corrected chi connectivity index (χ1v) is 10.4. The first-order valence-electron chi connectivity index (χ1n) is 10.4. The van der Waals surface area contributed by atoms with Gasteiger partial charge in [0.2, 0.25) is 11.7 Å². The molecule has 1 saturated carbocycles. The first-order chi connectivity index (χ1) is 15.1. The fourth-order valence-electron chi connectivity index (χ4n) is 3.92. The SMILES string of the molecule is Cc1nc(COc2ccc(C(=O)Nc3ccc4c(c3)OC3(CCCCC3)O4)cc2)no1. The molecular weight excluding hydrogens is 398 g/mol. The maximum Gasteiger partial charge on any atom is 0.255 e. The van der Waals surface area contributed by atoms with Crippen LogP contribution in [0.3, 0.4) is 0 Å². The molecule has 0 unspecified atom stereocenters. The summed E-state index contributed by atoms with van der Waals surface area (Å²) in [5, 5.41) is 6.69. The Morgan fingerprint density at radius 2 is 1.84 bits per heavy atom. The van der Waals surface area contributed by atoms with Crippen molar-refractivity contribution in [3.63, 3.8) is 0 Å². The van der Waals surface area contributed by atoms with Gasteiger partial charge in [-0.05, 0) is 49.2 Å². The highest BCUT2D eigenvalue weighted by Gasteiger charge is 2.42. The topological polar surface area (TPSA) is 95.7 Å². The highest BCUT2D eigenvalue weighted by Crippen LogP contribution is 2.46. The lowest BCUT2D eigenvalue weighted by atomic mass is 9.94. The van der Waals surface area contributed by atoms with Crippen molar-refractivity contribution in [1.29, 1.82) is 0 Å². The van der Waals surface area contributed by atoms with Crippen LogP contribution in [-0.4, -0.2) is 21.8 Å². The standard InChI is InChI=1S/C23H23N3O5/c1-15-24-21(26-31-15)14-28-18-8-5-16(6-9-18)22(27)25-17-7-10-19-20(13-17)30-23(29-19)11-3-2-4-12-23/h5-10,13H,2-4,11-12,14H2,1H3,(H,25,27). The van der Waals surface area contributed by atoms with E-state index in [0.717, 1.165) is 31.4 Å². The molecule has 0 atom stereocenters. The van der Waals surface area contributed by atoms with Crippen LogP contribution in [0.2, 0.25) is 0 Å². The number of hydrogen-bond acceptors (Lipinski definition) is 7. The van der Waals surface area contributed by atoms with Crippen molar-refractivity contribution in [2.24, 2.45) is 0 Å². The van der Waals surface area contributed by atoms with Crippen LogP contribution in [0.15, 0.2) is 47.0 Å². The molecule has 3 aromatic rings. The summed E-state index contributed by atoms with van der Waals surface area (Å²) in [7, 11) is 0. The molecule has 1 aliphatic heterocycles. The van der Waals surface area contributed by atoms with E-state index >= 15 is 0 Å². The summed E-state index contributed by atoms with van der Waals surface area (Å²) in [6.45, 7) is 1.92. The van der Waals surface area contributed by atoms with Gasteiger partial charge in [-0.25, -0.2) is 0 Å². The van der Waals surface area contributed by atoms with Crippen LogP contribution in [0.25, 0.3) is 0 Å². The highest BCUT2D eigenvalue weighted by molar-refractivity contribution is 6.04. The smallest absolute Gasteiger partial charge is 0.255 e. The fourth-order valence-corrected chi connectivity index (χ4v) is 3.92. The highest BCUT2D eigenvalue weighted by atomic mass is 16.7. The van der Waals surface area contributed by atoms with Crippen molar-refractivity contribution in [3.8, 4) is 17.2 Å². The monoisotopic (exact) mass is 421 g/mol. The number of rotatable bonds is 5. The van der Waals surface area contributed by atoms with Crippen molar-refractivity contribution in [2.45, 2.75) is 51.4 Å². The number of anilines is 1. The molecule has 1 amide bonds. The Morgan fingerprint density at radius 1 is 1.06 bits per heavy atom. The predicted octanol–water partition coefficient (Wildman–Crippen LogP) is 4.64. The van der Waals surface area contributed by atoms with Gasteiger partial charge < -0.3 is 24.1 Å². The van der Waals surface area contributed by atoms with Crippen LogP contribution < -0.4 is 19.5 Å². The zero-order valence-corrected chi connectivity index (χ0v) is 17.2. The third-order valence-electron chi connectivity index (χ3n) is 5.46. The molecule has 2 aromatic carbocycles. The van der Waals surface area contributed by atoms with Crippen molar-refractivity contribution in [3.05, 3.63) is 59.7 Å². The maximum absolute atomic E-state index is 12.6. The lowest BCUT2D eigenvalue weighted by molar-refractivity contribution is -0.105. The molecule has 1 aromatic heterocycles. The molecule has 160 valence electrons. The molecule has 2 aliphatic rings. The average molecular weight is 421 g/mol. The van der Waals surface area contributed by atoms with E-state index in [4.69, 9.17) is 18.7 Å². The molecular formula is C23H23N3O5. The normalized spacial score (nSPS) is 16.3. The van der Waals surface area contributed by atoms with Crippen LogP contribution in [0.4, 0.5) is 5.69 Å². The summed E-state index contributed by atoms with van der Waals surface area (Å²) >= 11 is 0. The first kappa shape index (κ1) is 19.4. The summed E-state index contributed by atoms with van der Waals surface area (Å²) in [6.07, 6.45) is 5.21. The second-order valence-corrected chi connectivity index (χ2v) is 7.83. The summed E-state index contributed by atoms with van der Waals surface area (Å²) in [4.78, 5) is 16.7. The van der Waals surface area contributed by atoms with Gasteiger partial charge in [0.1, 0.15) is 5.75 Å². The van der Waals surface area contributed by atoms with Crippen LogP contribution in [0, 0.1) is 6.92 Å². The minimum atomic E-state index is -0.529. The third kappa shape index (κ3) is 4.19. The number of amides is 1. The van der Waals surface area contributed by atoms with Crippen LogP contribution >= 0.6 is 0 Å². The number of ether oxygens (including phenoxy) is 3. The van der Waals surface area contributed by atoms with Gasteiger partial charge in [-0.2, -0.15) is 4.98 Å². The molecule has 1 fully saturated rings. The molecule has 8 nitrogen and oxygen atoms in total. The lowest BCUT2D eigenvalue weighted by Gasteiger charge is -2.31. The second kappa shape index (κ2) is 7.94. The number of nitrogens with zero attached hydrogens (tertiary/aromatic N) is 2. The van der Waals surface area contributed by atoms with Crippen molar-refractivity contribution in [2.75, 3.05) is 5.32 Å². The van der Waals surface area contributed by atoms with Gasteiger partial charge in [0.15, 0.2) is 18.1 Å². The van der Waals surface area contributed by atoms with E-state index in [-0.39, 0.29) is 12.5 Å². The number of aryl methyl sites for hydroxylation is 1. The van der Waals surface area contributed by atoms with Crippen molar-refractivity contribution >= 4 is 11.6 Å².